The second-order valence-corrected chi connectivity index (χ2v) is 10.8. The molecule has 2 aromatic carbocycles. The van der Waals surface area contributed by atoms with E-state index in [2.05, 4.69) is 9.55 Å². The van der Waals surface area contributed by atoms with E-state index in [1.165, 1.54) is 0 Å². The maximum Gasteiger partial charge on any atom is 0.243 e. The summed E-state index contributed by atoms with van der Waals surface area (Å²) in [6.07, 6.45) is 1.05. The Balaban J connectivity index is 1.32. The third-order valence-electron chi connectivity index (χ3n) is 6.69. The highest BCUT2D eigenvalue weighted by molar-refractivity contribution is 7.89. The number of carbonyl (C=O) groups excluding carboxylic acids is 1. The molecule has 1 fully saturated rings. The van der Waals surface area contributed by atoms with Crippen molar-refractivity contribution in [3.05, 3.63) is 53.1 Å². The average molecular weight is 453 g/mol. The van der Waals surface area contributed by atoms with Crippen molar-refractivity contribution >= 4 is 32.9 Å². The lowest BCUT2D eigenvalue weighted by atomic mass is 9.96. The van der Waals surface area contributed by atoms with Gasteiger partial charge in [0.1, 0.15) is 0 Å². The molecular formula is C24H28N4O3S. The number of benzene rings is 2. The maximum atomic E-state index is 13.4. The molecule has 0 spiro atoms. The average Bonchev–Trinajstić information content (AvgIpc) is 3.31. The van der Waals surface area contributed by atoms with Gasteiger partial charge in [-0.2, -0.15) is 4.31 Å². The zero-order chi connectivity index (χ0) is 22.6. The van der Waals surface area contributed by atoms with Crippen LogP contribution in [0.3, 0.4) is 0 Å². The molecule has 0 atom stereocenters. The smallest absolute Gasteiger partial charge is 0.243 e. The number of sulfonamides is 1. The van der Waals surface area contributed by atoms with E-state index < -0.39 is 10.0 Å². The fourth-order valence-corrected chi connectivity index (χ4v) is 7.15. The summed E-state index contributed by atoms with van der Waals surface area (Å²) in [4.78, 5) is 20.2. The van der Waals surface area contributed by atoms with E-state index in [0.717, 1.165) is 34.3 Å². The number of hydrogen-bond acceptors (Lipinski definition) is 4. The number of nitrogens with zero attached hydrogens (tertiary/aromatic N) is 4. The van der Waals surface area contributed by atoms with Gasteiger partial charge in [0.25, 0.3) is 0 Å². The maximum absolute atomic E-state index is 13.4. The summed E-state index contributed by atoms with van der Waals surface area (Å²) < 4.78 is 30.3. The number of carbonyl (C=O) groups is 1. The molecule has 32 heavy (non-hydrogen) atoms. The molecule has 0 radical (unpaired) electrons. The standard InChI is InChI=1S/C24H28N4O3S/c1-16-14-17(2)22(18(3)15-16)32(30,31)26-10-8-19(9-11-26)23(29)28-13-12-27-21-7-5-4-6-20(21)25-24(27)28/h4-7,14-15,19H,8-13H2,1-3H3. The van der Waals surface area contributed by atoms with Crippen LogP contribution in [0, 0.1) is 26.7 Å². The topological polar surface area (TPSA) is 75.5 Å². The van der Waals surface area contributed by atoms with Crippen LogP contribution in [0.5, 0.6) is 0 Å². The molecule has 0 aliphatic carbocycles. The number of hydrogen-bond donors (Lipinski definition) is 0. The normalized spacial score (nSPS) is 17.8. The summed E-state index contributed by atoms with van der Waals surface area (Å²) in [5, 5.41) is 0. The van der Waals surface area contributed by atoms with Crippen molar-refractivity contribution < 1.29 is 13.2 Å². The Morgan fingerprint density at radius 2 is 1.62 bits per heavy atom. The van der Waals surface area contributed by atoms with Gasteiger partial charge in [-0.3, -0.25) is 9.69 Å². The third kappa shape index (κ3) is 3.33. The SMILES string of the molecule is Cc1cc(C)c(S(=O)(=O)N2CCC(C(=O)N3CCn4c3nc3ccccc34)CC2)c(C)c1. The first kappa shape index (κ1) is 21.2. The van der Waals surface area contributed by atoms with Gasteiger partial charge in [0.05, 0.1) is 15.9 Å². The van der Waals surface area contributed by atoms with E-state index in [9.17, 15) is 13.2 Å². The van der Waals surface area contributed by atoms with Crippen LogP contribution in [0.4, 0.5) is 5.95 Å². The summed E-state index contributed by atoms with van der Waals surface area (Å²) in [5.41, 5.74) is 4.54. The molecule has 0 N–H and O–H groups in total. The molecule has 2 aliphatic rings. The van der Waals surface area contributed by atoms with Crippen LogP contribution >= 0.6 is 0 Å². The van der Waals surface area contributed by atoms with E-state index in [4.69, 9.17) is 0 Å². The second-order valence-electron chi connectivity index (χ2n) is 8.95. The van der Waals surface area contributed by atoms with Gasteiger partial charge in [-0.1, -0.05) is 29.8 Å². The van der Waals surface area contributed by atoms with E-state index in [1.54, 1.807) is 9.21 Å². The van der Waals surface area contributed by atoms with Gasteiger partial charge in [0.2, 0.25) is 21.9 Å². The van der Waals surface area contributed by atoms with Crippen LogP contribution < -0.4 is 4.90 Å². The number of piperidine rings is 1. The highest BCUT2D eigenvalue weighted by atomic mass is 32.2. The van der Waals surface area contributed by atoms with Gasteiger partial charge in [-0.15, -0.1) is 0 Å². The lowest BCUT2D eigenvalue weighted by Gasteiger charge is -2.32. The Hall–Kier alpha value is -2.71. The van der Waals surface area contributed by atoms with Crippen LogP contribution in [-0.4, -0.2) is 47.8 Å². The van der Waals surface area contributed by atoms with Crippen LogP contribution in [-0.2, 0) is 21.4 Å². The van der Waals surface area contributed by atoms with E-state index in [-0.39, 0.29) is 11.8 Å². The first-order valence-corrected chi connectivity index (χ1v) is 12.6. The highest BCUT2D eigenvalue weighted by Crippen LogP contribution is 2.32. The zero-order valence-corrected chi connectivity index (χ0v) is 19.5. The molecule has 2 aliphatic heterocycles. The summed E-state index contributed by atoms with van der Waals surface area (Å²) in [6, 6.07) is 11.7. The summed E-state index contributed by atoms with van der Waals surface area (Å²) in [5.74, 6) is 0.573. The Bertz CT molecular complexity index is 1300. The molecular weight excluding hydrogens is 424 g/mol. The Morgan fingerprint density at radius 3 is 2.31 bits per heavy atom. The molecule has 0 saturated carbocycles. The fourth-order valence-electron chi connectivity index (χ4n) is 5.26. The summed E-state index contributed by atoms with van der Waals surface area (Å²) in [7, 11) is -3.58. The second kappa shape index (κ2) is 7.71. The first-order valence-electron chi connectivity index (χ1n) is 11.1. The Kier molecular flexibility index (Phi) is 5.09. The van der Waals surface area contributed by atoms with Crippen molar-refractivity contribution in [2.24, 2.45) is 5.92 Å². The van der Waals surface area contributed by atoms with Gasteiger partial charge in [0, 0.05) is 32.1 Å². The number of para-hydroxylation sites is 2. The van der Waals surface area contributed by atoms with Crippen molar-refractivity contribution in [2.45, 2.75) is 45.1 Å². The van der Waals surface area contributed by atoms with Crippen molar-refractivity contribution in [1.82, 2.24) is 13.9 Å². The molecule has 5 rings (SSSR count). The minimum Gasteiger partial charge on any atom is -0.308 e. The van der Waals surface area contributed by atoms with Crippen LogP contribution in [0.2, 0.25) is 0 Å². The molecule has 1 saturated heterocycles. The number of fused-ring (bicyclic) bond motifs is 3. The number of rotatable bonds is 3. The van der Waals surface area contributed by atoms with Crippen molar-refractivity contribution in [1.29, 1.82) is 0 Å². The monoisotopic (exact) mass is 452 g/mol. The lowest BCUT2D eigenvalue weighted by Crippen LogP contribution is -2.44. The molecule has 7 nitrogen and oxygen atoms in total. The number of imidazole rings is 1. The highest BCUT2D eigenvalue weighted by Gasteiger charge is 2.37. The lowest BCUT2D eigenvalue weighted by molar-refractivity contribution is -0.123. The van der Waals surface area contributed by atoms with Crippen molar-refractivity contribution in [3.8, 4) is 0 Å². The van der Waals surface area contributed by atoms with Gasteiger partial charge in [0.15, 0.2) is 0 Å². The van der Waals surface area contributed by atoms with Crippen molar-refractivity contribution in [3.63, 3.8) is 0 Å². The summed E-state index contributed by atoms with van der Waals surface area (Å²) in [6.45, 7) is 7.74. The Labute approximate surface area is 188 Å². The number of anilines is 1. The van der Waals surface area contributed by atoms with Gasteiger partial charge in [-0.05, 0) is 56.9 Å². The molecule has 1 amide bonds. The van der Waals surface area contributed by atoms with E-state index in [1.807, 2.05) is 57.2 Å². The molecule has 1 aromatic heterocycles. The quantitative estimate of drug-likeness (QED) is 0.610. The molecule has 0 unspecified atom stereocenters. The predicted molar refractivity (Wildman–Crippen MR) is 124 cm³/mol. The van der Waals surface area contributed by atoms with E-state index in [0.29, 0.717) is 43.3 Å². The van der Waals surface area contributed by atoms with Crippen LogP contribution in [0.25, 0.3) is 11.0 Å². The molecule has 3 heterocycles. The number of aryl methyl sites for hydroxylation is 3. The largest absolute Gasteiger partial charge is 0.308 e. The van der Waals surface area contributed by atoms with Gasteiger partial charge in [-0.25, -0.2) is 13.4 Å². The minimum absolute atomic E-state index is 0.0544. The Morgan fingerprint density at radius 1 is 0.969 bits per heavy atom. The van der Waals surface area contributed by atoms with E-state index >= 15 is 0 Å². The number of aromatic nitrogens is 2. The molecule has 3 aromatic rings. The van der Waals surface area contributed by atoms with Gasteiger partial charge < -0.3 is 4.57 Å². The molecule has 8 heteroatoms. The fraction of sp³-hybridized carbons (Fsp3) is 0.417. The van der Waals surface area contributed by atoms with Crippen LogP contribution in [0.1, 0.15) is 29.5 Å². The van der Waals surface area contributed by atoms with Crippen molar-refractivity contribution in [2.75, 3.05) is 24.5 Å². The molecule has 0 bridgehead atoms. The zero-order valence-electron chi connectivity index (χ0n) is 18.7. The first-order chi connectivity index (χ1) is 15.3. The molecule has 168 valence electrons. The minimum atomic E-state index is -3.58. The van der Waals surface area contributed by atoms with Crippen LogP contribution in [0.15, 0.2) is 41.3 Å². The van der Waals surface area contributed by atoms with Gasteiger partial charge >= 0.3 is 0 Å². The third-order valence-corrected chi connectivity index (χ3v) is 8.90. The predicted octanol–water partition coefficient (Wildman–Crippen LogP) is 3.41. The summed E-state index contributed by atoms with van der Waals surface area (Å²) >= 11 is 0. The number of amides is 1.